The summed E-state index contributed by atoms with van der Waals surface area (Å²) in [5, 5.41) is 0.545. The molecular formula is C6H3ClN3. The van der Waals surface area contributed by atoms with Gasteiger partial charge in [0.1, 0.15) is 11.3 Å². The van der Waals surface area contributed by atoms with Crippen LogP contribution in [0.5, 0.6) is 0 Å². The first-order chi connectivity index (χ1) is 4.88. The minimum absolute atomic E-state index is 0.545. The quantitative estimate of drug-likeness (QED) is 0.568. The molecule has 0 aromatic carbocycles. The monoisotopic (exact) mass is 152 g/mol. The highest BCUT2D eigenvalue weighted by Crippen LogP contribution is 2.11. The van der Waals surface area contributed by atoms with Crippen molar-refractivity contribution in [2.75, 3.05) is 0 Å². The maximum Gasteiger partial charge on any atom is 0.158 e. The molecule has 2 aromatic rings. The SMILES string of the molecule is Clc1cncn2[c]cnc12. The standard InChI is InChI=1S/C6H3ClN3/c7-5-3-8-4-10-2-1-9-6(5)10/h1,3-4H. The van der Waals surface area contributed by atoms with Crippen molar-refractivity contribution in [2.45, 2.75) is 0 Å². The lowest BCUT2D eigenvalue weighted by atomic mass is 10.6. The number of halogens is 1. The molecule has 2 heterocycles. The summed E-state index contributed by atoms with van der Waals surface area (Å²) in [6, 6.07) is 0. The molecule has 0 aliphatic carbocycles. The molecule has 0 atom stereocenters. The van der Waals surface area contributed by atoms with Crippen LogP contribution in [0.4, 0.5) is 0 Å². The molecule has 2 rings (SSSR count). The summed E-state index contributed by atoms with van der Waals surface area (Å²) in [5.74, 6) is 0. The zero-order valence-corrected chi connectivity index (χ0v) is 5.71. The third-order valence-electron chi connectivity index (χ3n) is 1.20. The molecule has 2 aromatic heterocycles. The van der Waals surface area contributed by atoms with Gasteiger partial charge in [0.25, 0.3) is 0 Å². The van der Waals surface area contributed by atoms with Gasteiger partial charge in [0.15, 0.2) is 5.65 Å². The van der Waals surface area contributed by atoms with Gasteiger partial charge in [-0.3, -0.25) is 4.40 Å². The van der Waals surface area contributed by atoms with Crippen LogP contribution in [0, 0.1) is 6.20 Å². The van der Waals surface area contributed by atoms with Crippen molar-refractivity contribution in [1.82, 2.24) is 14.4 Å². The minimum atomic E-state index is 0.545. The fourth-order valence-corrected chi connectivity index (χ4v) is 0.960. The van der Waals surface area contributed by atoms with Crippen molar-refractivity contribution in [3.8, 4) is 0 Å². The Balaban J connectivity index is 2.95. The average molecular weight is 153 g/mol. The summed E-state index contributed by atoms with van der Waals surface area (Å²) in [4.78, 5) is 7.80. The van der Waals surface area contributed by atoms with Gasteiger partial charge in [-0.15, -0.1) is 0 Å². The van der Waals surface area contributed by atoms with Gasteiger partial charge in [0.05, 0.1) is 18.6 Å². The van der Waals surface area contributed by atoms with Gasteiger partial charge in [-0.1, -0.05) is 11.6 Å². The number of rotatable bonds is 0. The summed E-state index contributed by atoms with van der Waals surface area (Å²) in [6.45, 7) is 0. The van der Waals surface area contributed by atoms with E-state index in [-0.39, 0.29) is 0 Å². The van der Waals surface area contributed by atoms with Crippen LogP contribution < -0.4 is 0 Å². The predicted molar refractivity (Wildman–Crippen MR) is 36.8 cm³/mol. The van der Waals surface area contributed by atoms with Crippen LogP contribution in [0.25, 0.3) is 5.65 Å². The molecule has 49 valence electrons. The van der Waals surface area contributed by atoms with Gasteiger partial charge in [0.2, 0.25) is 0 Å². The van der Waals surface area contributed by atoms with Crippen molar-refractivity contribution in [3.05, 3.63) is 29.9 Å². The van der Waals surface area contributed by atoms with E-state index in [9.17, 15) is 0 Å². The third-order valence-corrected chi connectivity index (χ3v) is 1.46. The Hall–Kier alpha value is -1.09. The first kappa shape index (κ1) is 5.68. The van der Waals surface area contributed by atoms with Crippen LogP contribution in [-0.4, -0.2) is 14.4 Å². The normalized spacial score (nSPS) is 10.5. The molecule has 0 amide bonds. The lowest BCUT2D eigenvalue weighted by molar-refractivity contribution is 1.08. The van der Waals surface area contributed by atoms with Gasteiger partial charge >= 0.3 is 0 Å². The smallest absolute Gasteiger partial charge is 0.158 e. The highest BCUT2D eigenvalue weighted by molar-refractivity contribution is 6.33. The number of fused-ring (bicyclic) bond motifs is 1. The Morgan fingerprint density at radius 3 is 3.30 bits per heavy atom. The first-order valence-corrected chi connectivity index (χ1v) is 3.10. The van der Waals surface area contributed by atoms with Crippen molar-refractivity contribution in [1.29, 1.82) is 0 Å². The van der Waals surface area contributed by atoms with Crippen LogP contribution in [0.1, 0.15) is 0 Å². The fraction of sp³-hybridized carbons (Fsp3) is 0. The van der Waals surface area contributed by atoms with E-state index in [4.69, 9.17) is 11.6 Å². The van der Waals surface area contributed by atoms with E-state index in [0.717, 1.165) is 0 Å². The van der Waals surface area contributed by atoms with Crippen LogP contribution in [0.15, 0.2) is 18.7 Å². The Labute approximate surface area is 62.3 Å². The molecule has 0 saturated heterocycles. The van der Waals surface area contributed by atoms with E-state index in [1.807, 2.05) is 0 Å². The highest BCUT2D eigenvalue weighted by atomic mass is 35.5. The van der Waals surface area contributed by atoms with Crippen molar-refractivity contribution in [3.63, 3.8) is 0 Å². The van der Waals surface area contributed by atoms with Crippen LogP contribution in [0.2, 0.25) is 5.02 Å². The van der Waals surface area contributed by atoms with E-state index in [2.05, 4.69) is 16.2 Å². The maximum absolute atomic E-state index is 5.73. The molecule has 0 fully saturated rings. The van der Waals surface area contributed by atoms with Crippen molar-refractivity contribution < 1.29 is 0 Å². The van der Waals surface area contributed by atoms with Gasteiger partial charge in [0, 0.05) is 0 Å². The largest absolute Gasteiger partial charge is 0.280 e. The lowest BCUT2D eigenvalue weighted by Gasteiger charge is -1.90. The predicted octanol–water partition coefficient (Wildman–Crippen LogP) is 1.18. The minimum Gasteiger partial charge on any atom is -0.280 e. The Kier molecular flexibility index (Phi) is 1.11. The molecule has 3 nitrogen and oxygen atoms in total. The Bertz CT molecular complexity index is 355. The molecule has 0 saturated carbocycles. The number of hydrogen-bond donors (Lipinski definition) is 0. The number of aromatic nitrogens is 3. The number of hydrogen-bond acceptors (Lipinski definition) is 2. The van der Waals surface area contributed by atoms with Crippen LogP contribution in [0.3, 0.4) is 0 Å². The van der Waals surface area contributed by atoms with E-state index < -0.39 is 0 Å². The maximum atomic E-state index is 5.73. The number of nitrogens with zero attached hydrogens (tertiary/aromatic N) is 3. The second kappa shape index (κ2) is 1.95. The second-order valence-corrected chi connectivity index (χ2v) is 2.23. The lowest BCUT2D eigenvalue weighted by Crippen LogP contribution is -1.84. The van der Waals surface area contributed by atoms with Crippen molar-refractivity contribution >= 4 is 17.2 Å². The van der Waals surface area contributed by atoms with Gasteiger partial charge < -0.3 is 0 Å². The second-order valence-electron chi connectivity index (χ2n) is 1.82. The molecule has 0 aliphatic rings. The molecule has 10 heavy (non-hydrogen) atoms. The van der Waals surface area contributed by atoms with E-state index >= 15 is 0 Å². The summed E-state index contributed by atoms with van der Waals surface area (Å²) in [6.07, 6.45) is 7.54. The molecule has 0 aliphatic heterocycles. The zero-order valence-electron chi connectivity index (χ0n) is 4.95. The van der Waals surface area contributed by atoms with Gasteiger partial charge in [-0.05, 0) is 0 Å². The van der Waals surface area contributed by atoms with Gasteiger partial charge in [-0.2, -0.15) is 0 Å². The molecule has 0 N–H and O–H groups in total. The highest BCUT2D eigenvalue weighted by Gasteiger charge is 1.97. The molecule has 4 heteroatoms. The first-order valence-electron chi connectivity index (χ1n) is 2.72. The topological polar surface area (TPSA) is 30.2 Å². The average Bonchev–Trinajstić information content (AvgIpc) is 2.36. The summed E-state index contributed by atoms with van der Waals surface area (Å²) in [5.41, 5.74) is 0.691. The zero-order chi connectivity index (χ0) is 6.97. The summed E-state index contributed by atoms with van der Waals surface area (Å²) < 4.78 is 1.64. The van der Waals surface area contributed by atoms with Crippen molar-refractivity contribution in [2.24, 2.45) is 0 Å². The Morgan fingerprint density at radius 2 is 2.50 bits per heavy atom. The van der Waals surface area contributed by atoms with E-state index in [1.165, 1.54) is 0 Å². The van der Waals surface area contributed by atoms with Gasteiger partial charge in [-0.25, -0.2) is 9.97 Å². The third kappa shape index (κ3) is 0.675. The molecular weight excluding hydrogens is 150 g/mol. The van der Waals surface area contributed by atoms with Crippen LogP contribution in [-0.2, 0) is 0 Å². The van der Waals surface area contributed by atoms with E-state index in [1.54, 1.807) is 23.1 Å². The molecule has 0 spiro atoms. The number of imidazole rings is 1. The fourth-order valence-electron chi connectivity index (χ4n) is 0.763. The van der Waals surface area contributed by atoms with Crippen LogP contribution >= 0.6 is 11.6 Å². The molecule has 0 bridgehead atoms. The Morgan fingerprint density at radius 1 is 1.60 bits per heavy atom. The summed E-state index contributed by atoms with van der Waals surface area (Å²) >= 11 is 5.73. The van der Waals surface area contributed by atoms with E-state index in [0.29, 0.717) is 10.7 Å². The summed E-state index contributed by atoms with van der Waals surface area (Å²) in [7, 11) is 0. The molecule has 1 radical (unpaired) electrons. The molecule has 0 unspecified atom stereocenters.